The number of alkyl carbamates (subject to hydrolysis) is 1. The molecule has 0 aromatic heterocycles. The molecule has 0 saturated carbocycles. The van der Waals surface area contributed by atoms with Gasteiger partial charge in [-0.25, -0.2) is 9.59 Å². The van der Waals surface area contributed by atoms with Crippen LogP contribution in [0, 0.1) is 0 Å². The van der Waals surface area contributed by atoms with Gasteiger partial charge in [0.25, 0.3) is 5.60 Å². The Balaban J connectivity index is 2.54. The predicted molar refractivity (Wildman–Crippen MR) is 56.8 cm³/mol. The highest BCUT2D eigenvalue weighted by Gasteiger charge is 2.51. The summed E-state index contributed by atoms with van der Waals surface area (Å²) in [4.78, 5) is 22.5. The van der Waals surface area contributed by atoms with E-state index < -0.39 is 17.7 Å². The minimum Gasteiger partial charge on any atom is -0.496 e. The van der Waals surface area contributed by atoms with Gasteiger partial charge in [-0.15, -0.1) is 0 Å². The van der Waals surface area contributed by atoms with E-state index in [4.69, 9.17) is 9.47 Å². The molecule has 1 aliphatic heterocycles. The molecule has 1 aromatic carbocycles. The number of methoxy groups -OCH3 is 1. The second kappa shape index (κ2) is 3.97. The van der Waals surface area contributed by atoms with Gasteiger partial charge >= 0.3 is 12.1 Å². The van der Waals surface area contributed by atoms with E-state index in [0.717, 1.165) is 0 Å². The molecule has 1 fully saturated rings. The highest BCUT2D eigenvalue weighted by Crippen LogP contribution is 2.35. The first-order valence-electron chi connectivity index (χ1n) is 4.94. The van der Waals surface area contributed by atoms with Gasteiger partial charge in [-0.05, 0) is 6.07 Å². The molecule has 1 aliphatic rings. The second-order valence-electron chi connectivity index (χ2n) is 3.58. The number of hydrogen-bond donors (Lipinski definition) is 2. The maximum atomic E-state index is 11.4. The number of carbonyl (C=O) groups excluding carboxylic acids is 1. The number of rotatable bonds is 3. The molecule has 17 heavy (non-hydrogen) atoms. The first-order chi connectivity index (χ1) is 8.10. The highest BCUT2D eigenvalue weighted by molar-refractivity contribution is 5.87. The number of benzene rings is 1. The van der Waals surface area contributed by atoms with Gasteiger partial charge in [-0.2, -0.15) is 0 Å². The molecule has 1 amide bonds. The van der Waals surface area contributed by atoms with Crippen LogP contribution in [0.3, 0.4) is 0 Å². The van der Waals surface area contributed by atoms with E-state index in [0.29, 0.717) is 11.3 Å². The van der Waals surface area contributed by atoms with E-state index in [-0.39, 0.29) is 6.54 Å². The van der Waals surface area contributed by atoms with Crippen molar-refractivity contribution in [2.24, 2.45) is 0 Å². The lowest BCUT2D eigenvalue weighted by Crippen LogP contribution is -2.39. The van der Waals surface area contributed by atoms with Crippen molar-refractivity contribution in [1.29, 1.82) is 0 Å². The molecule has 1 unspecified atom stereocenters. The number of carbonyl (C=O) groups is 2. The maximum absolute atomic E-state index is 11.4. The average molecular weight is 237 g/mol. The van der Waals surface area contributed by atoms with Gasteiger partial charge in [0.2, 0.25) is 0 Å². The van der Waals surface area contributed by atoms with Crippen molar-refractivity contribution in [3.63, 3.8) is 0 Å². The molecule has 6 nitrogen and oxygen atoms in total. The zero-order valence-electron chi connectivity index (χ0n) is 9.10. The number of hydrogen-bond acceptors (Lipinski definition) is 4. The number of nitrogens with one attached hydrogen (secondary N) is 1. The summed E-state index contributed by atoms with van der Waals surface area (Å²) >= 11 is 0. The Labute approximate surface area is 97.1 Å². The van der Waals surface area contributed by atoms with Gasteiger partial charge in [0, 0.05) is 0 Å². The maximum Gasteiger partial charge on any atom is 0.408 e. The monoisotopic (exact) mass is 237 g/mol. The molecule has 1 atom stereocenters. The second-order valence-corrected chi connectivity index (χ2v) is 3.58. The number of amides is 1. The van der Waals surface area contributed by atoms with Crippen molar-refractivity contribution >= 4 is 12.1 Å². The van der Waals surface area contributed by atoms with Gasteiger partial charge in [0.15, 0.2) is 0 Å². The van der Waals surface area contributed by atoms with Crippen molar-refractivity contribution in [3.8, 4) is 5.75 Å². The number of carboxylic acid groups (broad SMARTS) is 1. The number of ether oxygens (including phenoxy) is 2. The summed E-state index contributed by atoms with van der Waals surface area (Å²) in [6.07, 6.45) is -0.752. The molecule has 2 N–H and O–H groups in total. The summed E-state index contributed by atoms with van der Waals surface area (Å²) in [7, 11) is 1.43. The Hall–Kier alpha value is -2.24. The molecule has 1 saturated heterocycles. The first-order valence-corrected chi connectivity index (χ1v) is 4.94. The molecule has 1 aromatic rings. The summed E-state index contributed by atoms with van der Waals surface area (Å²) in [5, 5.41) is 11.6. The Morgan fingerprint density at radius 1 is 1.53 bits per heavy atom. The number of carboxylic acids is 1. The smallest absolute Gasteiger partial charge is 0.408 e. The number of para-hydroxylation sites is 1. The van der Waals surface area contributed by atoms with E-state index in [1.807, 2.05) is 0 Å². The van der Waals surface area contributed by atoms with Crippen molar-refractivity contribution in [2.75, 3.05) is 13.7 Å². The molecule has 0 bridgehead atoms. The summed E-state index contributed by atoms with van der Waals surface area (Å²) in [5.41, 5.74) is -1.41. The standard InChI is InChI=1S/C11H11NO5/c1-16-8-5-3-2-4-7(8)11(9(13)14)6-12-10(15)17-11/h2-5H,6H2,1H3,(H,12,15)(H,13,14). The van der Waals surface area contributed by atoms with Crippen molar-refractivity contribution in [3.05, 3.63) is 29.8 Å². The molecular formula is C11H11NO5. The zero-order valence-corrected chi connectivity index (χ0v) is 9.10. The number of cyclic esters (lactones) is 1. The van der Waals surface area contributed by atoms with Gasteiger partial charge in [0.1, 0.15) is 5.75 Å². The highest BCUT2D eigenvalue weighted by atomic mass is 16.6. The van der Waals surface area contributed by atoms with E-state index >= 15 is 0 Å². The summed E-state index contributed by atoms with van der Waals surface area (Å²) < 4.78 is 10.00. The van der Waals surface area contributed by atoms with Crippen LogP contribution in [0.1, 0.15) is 5.56 Å². The molecule has 1 heterocycles. The molecule has 6 heteroatoms. The fourth-order valence-electron chi connectivity index (χ4n) is 1.79. The van der Waals surface area contributed by atoms with E-state index in [1.165, 1.54) is 7.11 Å². The first kappa shape index (κ1) is 11.3. The lowest BCUT2D eigenvalue weighted by molar-refractivity contribution is -0.155. The Morgan fingerprint density at radius 2 is 2.24 bits per heavy atom. The number of aliphatic carboxylic acids is 1. The van der Waals surface area contributed by atoms with Crippen LogP contribution in [0.15, 0.2) is 24.3 Å². The fraction of sp³-hybridized carbons (Fsp3) is 0.273. The fourth-order valence-corrected chi connectivity index (χ4v) is 1.79. The third kappa shape index (κ3) is 1.67. The third-order valence-corrected chi connectivity index (χ3v) is 2.64. The van der Waals surface area contributed by atoms with Gasteiger partial charge in [-0.3, -0.25) is 0 Å². The Kier molecular flexibility index (Phi) is 2.63. The molecule has 0 spiro atoms. The minimum absolute atomic E-state index is 0.123. The van der Waals surface area contributed by atoms with E-state index in [2.05, 4.69) is 5.32 Å². The van der Waals surface area contributed by atoms with Crippen LogP contribution >= 0.6 is 0 Å². The molecule has 2 rings (SSSR count). The predicted octanol–water partition coefficient (Wildman–Crippen LogP) is 0.715. The van der Waals surface area contributed by atoms with Crippen LogP contribution in [0.25, 0.3) is 0 Å². The van der Waals surface area contributed by atoms with Crippen molar-refractivity contribution < 1.29 is 24.2 Å². The van der Waals surface area contributed by atoms with E-state index in [9.17, 15) is 14.7 Å². The lowest BCUT2D eigenvalue weighted by atomic mass is 9.93. The van der Waals surface area contributed by atoms with Gasteiger partial charge in [0.05, 0.1) is 19.2 Å². The molecule has 0 radical (unpaired) electrons. The average Bonchev–Trinajstić information content (AvgIpc) is 2.73. The van der Waals surface area contributed by atoms with Crippen LogP contribution in [0.5, 0.6) is 5.75 Å². The van der Waals surface area contributed by atoms with Crippen LogP contribution < -0.4 is 10.1 Å². The normalized spacial score (nSPS) is 22.8. The minimum atomic E-state index is -1.72. The van der Waals surface area contributed by atoms with Crippen LogP contribution in [-0.4, -0.2) is 30.8 Å². The van der Waals surface area contributed by atoms with Crippen LogP contribution in [-0.2, 0) is 15.1 Å². The van der Waals surface area contributed by atoms with Gasteiger partial charge in [-0.1, -0.05) is 18.2 Å². The van der Waals surface area contributed by atoms with Crippen molar-refractivity contribution in [2.45, 2.75) is 5.60 Å². The molecular weight excluding hydrogens is 226 g/mol. The third-order valence-electron chi connectivity index (χ3n) is 2.64. The summed E-state index contributed by atoms with van der Waals surface area (Å²) in [6.45, 7) is -0.123. The van der Waals surface area contributed by atoms with Gasteiger partial charge < -0.3 is 19.9 Å². The molecule has 0 aliphatic carbocycles. The summed E-state index contributed by atoms with van der Waals surface area (Å²) in [5.74, 6) is -0.869. The summed E-state index contributed by atoms with van der Waals surface area (Å²) in [6, 6.07) is 6.55. The van der Waals surface area contributed by atoms with Crippen molar-refractivity contribution in [1.82, 2.24) is 5.32 Å². The lowest BCUT2D eigenvalue weighted by Gasteiger charge is -2.23. The largest absolute Gasteiger partial charge is 0.496 e. The topological polar surface area (TPSA) is 84.9 Å². The van der Waals surface area contributed by atoms with Crippen LogP contribution in [0.4, 0.5) is 4.79 Å². The Bertz CT molecular complexity index is 473. The zero-order chi connectivity index (χ0) is 12.5. The van der Waals surface area contributed by atoms with E-state index in [1.54, 1.807) is 24.3 Å². The molecule has 90 valence electrons. The quantitative estimate of drug-likeness (QED) is 0.808. The SMILES string of the molecule is COc1ccccc1C1(C(=O)O)CNC(=O)O1. The van der Waals surface area contributed by atoms with Crippen LogP contribution in [0.2, 0.25) is 0 Å². The Morgan fingerprint density at radius 3 is 2.76 bits per heavy atom.